The molecule has 4 atom stereocenters. The van der Waals surface area contributed by atoms with Gasteiger partial charge in [-0.15, -0.1) is 0 Å². The Labute approximate surface area is 238 Å². The number of rotatable bonds is 5. The van der Waals surface area contributed by atoms with Crippen molar-refractivity contribution in [2.45, 2.75) is 24.9 Å². The third kappa shape index (κ3) is 3.58. The van der Waals surface area contributed by atoms with Gasteiger partial charge in [0.25, 0.3) is 5.69 Å². The average Bonchev–Trinajstić information content (AvgIpc) is 3.67. The molecule has 4 amide bonds. The highest BCUT2D eigenvalue weighted by Crippen LogP contribution is 2.54. The molecule has 0 bridgehead atoms. The largest absolute Gasteiger partial charge is 0.361 e. The van der Waals surface area contributed by atoms with Crippen LogP contribution in [-0.2, 0) is 31.1 Å². The van der Waals surface area contributed by atoms with E-state index < -0.39 is 46.1 Å². The van der Waals surface area contributed by atoms with Gasteiger partial charge in [0, 0.05) is 59.1 Å². The van der Waals surface area contributed by atoms with Gasteiger partial charge in [0.05, 0.1) is 22.4 Å². The Morgan fingerprint density at radius 2 is 1.81 bits per heavy atom. The molecule has 12 nitrogen and oxygen atoms in total. The summed E-state index contributed by atoms with van der Waals surface area (Å²) in [5, 5.41) is 21.4. The molecule has 3 aliphatic rings. The van der Waals surface area contributed by atoms with Crippen LogP contribution in [0.2, 0.25) is 0 Å². The first-order valence-electron chi connectivity index (χ1n) is 13.4. The number of carbonyl (C=O) groups excluding carboxylic acids is 4. The number of non-ortho nitro benzene ring substituents is 1. The van der Waals surface area contributed by atoms with E-state index >= 15 is 0 Å². The van der Waals surface area contributed by atoms with E-state index in [2.05, 4.69) is 20.9 Å². The zero-order valence-corrected chi connectivity index (χ0v) is 22.2. The number of benzene rings is 3. The Balaban J connectivity index is 1.35. The van der Waals surface area contributed by atoms with Gasteiger partial charge in [0.1, 0.15) is 5.54 Å². The fraction of sp³-hybridized carbons (Fsp3) is 0.200. The number of fused-ring (bicyclic) bond motifs is 5. The number of nitrogens with zero attached hydrogens (tertiary/aromatic N) is 2. The van der Waals surface area contributed by atoms with E-state index in [1.807, 2.05) is 30.5 Å². The Bertz CT molecular complexity index is 1850. The minimum atomic E-state index is -1.69. The van der Waals surface area contributed by atoms with Crippen molar-refractivity contribution >= 4 is 57.3 Å². The number of para-hydroxylation sites is 1. The van der Waals surface area contributed by atoms with Gasteiger partial charge < -0.3 is 15.6 Å². The van der Waals surface area contributed by atoms with Gasteiger partial charge in [-0.1, -0.05) is 18.2 Å². The SMILES string of the molecule is CC(=O)Nc1ccc(N2C(=O)C3C(Cc4c[nH]c5ccccc45)NC4(C(=O)Nc5ccc([N+](=O)[O-])cc54)C3C2=O)cc1. The summed E-state index contributed by atoms with van der Waals surface area (Å²) in [7, 11) is 0. The lowest BCUT2D eigenvalue weighted by molar-refractivity contribution is -0.384. The second-order valence-electron chi connectivity index (χ2n) is 10.8. The summed E-state index contributed by atoms with van der Waals surface area (Å²) in [5.41, 5.74) is 1.29. The number of aromatic nitrogens is 1. The van der Waals surface area contributed by atoms with E-state index in [4.69, 9.17) is 0 Å². The van der Waals surface area contributed by atoms with Crippen LogP contribution < -0.4 is 20.9 Å². The number of H-pyrrole nitrogens is 1. The minimum Gasteiger partial charge on any atom is -0.361 e. The van der Waals surface area contributed by atoms with E-state index in [1.165, 1.54) is 25.1 Å². The summed E-state index contributed by atoms with van der Waals surface area (Å²) in [5.74, 6) is -3.95. The van der Waals surface area contributed by atoms with Gasteiger partial charge in [0.15, 0.2) is 0 Å². The lowest BCUT2D eigenvalue weighted by atomic mass is 9.76. The number of hydrogen-bond acceptors (Lipinski definition) is 7. The highest BCUT2D eigenvalue weighted by Gasteiger charge is 2.70. The molecule has 12 heteroatoms. The smallest absolute Gasteiger partial charge is 0.269 e. The van der Waals surface area contributed by atoms with Crippen molar-refractivity contribution in [3.05, 3.63) is 94.2 Å². The molecule has 0 radical (unpaired) electrons. The van der Waals surface area contributed by atoms with Crippen molar-refractivity contribution < 1.29 is 24.1 Å². The highest BCUT2D eigenvalue weighted by molar-refractivity contribution is 6.26. The van der Waals surface area contributed by atoms with Gasteiger partial charge in [-0.25, -0.2) is 4.90 Å². The lowest BCUT2D eigenvalue weighted by Crippen LogP contribution is -2.53. The zero-order valence-electron chi connectivity index (χ0n) is 22.2. The summed E-state index contributed by atoms with van der Waals surface area (Å²) < 4.78 is 0. The van der Waals surface area contributed by atoms with Crippen molar-refractivity contribution in [3.8, 4) is 0 Å². The first kappa shape index (κ1) is 25.6. The molecule has 1 spiro atoms. The number of amides is 4. The molecule has 1 aromatic heterocycles. The van der Waals surface area contributed by atoms with Crippen LogP contribution in [0.25, 0.3) is 10.9 Å². The fourth-order valence-corrected chi connectivity index (χ4v) is 6.77. The molecule has 4 N–H and O–H groups in total. The molecule has 0 aliphatic carbocycles. The molecular formula is C30H24N6O6. The van der Waals surface area contributed by atoms with Gasteiger partial charge >= 0.3 is 0 Å². The Morgan fingerprint density at radius 1 is 1.05 bits per heavy atom. The maximum Gasteiger partial charge on any atom is 0.269 e. The number of nitrogens with one attached hydrogen (secondary N) is 4. The lowest BCUT2D eigenvalue weighted by Gasteiger charge is -2.29. The van der Waals surface area contributed by atoms with E-state index in [1.54, 1.807) is 24.3 Å². The summed E-state index contributed by atoms with van der Waals surface area (Å²) in [6, 6.07) is 17.4. The number of aromatic amines is 1. The van der Waals surface area contributed by atoms with Crippen molar-refractivity contribution in [2.75, 3.05) is 15.5 Å². The molecule has 4 aromatic rings. The maximum absolute atomic E-state index is 14.2. The molecule has 7 rings (SSSR count). The van der Waals surface area contributed by atoms with Crippen LogP contribution >= 0.6 is 0 Å². The Morgan fingerprint density at radius 3 is 2.55 bits per heavy atom. The zero-order chi connectivity index (χ0) is 29.3. The number of anilines is 3. The van der Waals surface area contributed by atoms with E-state index in [9.17, 15) is 29.3 Å². The third-order valence-corrected chi connectivity index (χ3v) is 8.47. The van der Waals surface area contributed by atoms with E-state index in [0.717, 1.165) is 21.4 Å². The molecule has 3 aromatic carbocycles. The molecule has 210 valence electrons. The van der Waals surface area contributed by atoms with Gasteiger partial charge in [-0.2, -0.15) is 0 Å². The van der Waals surface area contributed by atoms with Crippen molar-refractivity contribution in [1.29, 1.82) is 0 Å². The van der Waals surface area contributed by atoms with Crippen molar-refractivity contribution in [1.82, 2.24) is 10.3 Å². The Kier molecular flexibility index (Phi) is 5.53. The molecule has 3 aliphatic heterocycles. The van der Waals surface area contributed by atoms with Crippen molar-refractivity contribution in [2.24, 2.45) is 11.8 Å². The molecular weight excluding hydrogens is 540 g/mol. The van der Waals surface area contributed by atoms with Crippen LogP contribution in [0.3, 0.4) is 0 Å². The van der Waals surface area contributed by atoms with Gasteiger partial charge in [0.2, 0.25) is 23.6 Å². The van der Waals surface area contributed by atoms with E-state index in [0.29, 0.717) is 23.5 Å². The van der Waals surface area contributed by atoms with Crippen LogP contribution in [0.1, 0.15) is 18.1 Å². The van der Waals surface area contributed by atoms with Crippen LogP contribution in [0.4, 0.5) is 22.7 Å². The number of nitro groups is 1. The second kappa shape index (κ2) is 9.08. The normalized spacial score (nSPS) is 24.3. The maximum atomic E-state index is 14.2. The predicted octanol–water partition coefficient (Wildman–Crippen LogP) is 3.20. The second-order valence-corrected chi connectivity index (χ2v) is 10.8. The number of imide groups is 1. The third-order valence-electron chi connectivity index (χ3n) is 8.47. The summed E-state index contributed by atoms with van der Waals surface area (Å²) >= 11 is 0. The standard InChI is InChI=1S/C30H24N6O6/c1-15(37)32-17-6-8-18(9-7-17)35-27(38)25-24(12-16-14-31-22-5-3-2-4-20(16)22)34-30(26(25)28(35)39)21-13-19(36(41)42)10-11-23(21)33-29(30)40/h2-11,13-14,24-26,31,34H,12H2,1H3,(H,32,37)(H,33,40). The first-order valence-corrected chi connectivity index (χ1v) is 13.4. The van der Waals surface area contributed by atoms with E-state index in [-0.39, 0.29) is 17.2 Å². The average molecular weight is 565 g/mol. The van der Waals surface area contributed by atoms with Gasteiger partial charge in [-0.3, -0.25) is 34.6 Å². The van der Waals surface area contributed by atoms with Crippen LogP contribution in [0.5, 0.6) is 0 Å². The molecule has 4 unspecified atom stereocenters. The molecule has 42 heavy (non-hydrogen) atoms. The monoisotopic (exact) mass is 564 g/mol. The molecule has 0 saturated carbocycles. The summed E-state index contributed by atoms with van der Waals surface area (Å²) in [6.45, 7) is 1.37. The summed E-state index contributed by atoms with van der Waals surface area (Å²) in [6.07, 6.45) is 2.17. The number of hydrogen-bond donors (Lipinski definition) is 4. The Hall–Kier alpha value is -5.36. The molecule has 2 fully saturated rings. The topological polar surface area (TPSA) is 167 Å². The number of carbonyl (C=O) groups is 4. The van der Waals surface area contributed by atoms with Crippen molar-refractivity contribution in [3.63, 3.8) is 0 Å². The summed E-state index contributed by atoms with van der Waals surface area (Å²) in [4.78, 5) is 69.1. The van der Waals surface area contributed by atoms with Crippen LogP contribution in [0.15, 0.2) is 72.9 Å². The van der Waals surface area contributed by atoms with Crippen LogP contribution in [-0.4, -0.2) is 39.6 Å². The molecule has 4 heterocycles. The molecule has 2 saturated heterocycles. The predicted molar refractivity (Wildman–Crippen MR) is 153 cm³/mol. The minimum absolute atomic E-state index is 0.231. The highest BCUT2D eigenvalue weighted by atomic mass is 16.6. The van der Waals surface area contributed by atoms with Crippen LogP contribution in [0, 0.1) is 22.0 Å². The number of nitro benzene ring substituents is 1. The van der Waals surface area contributed by atoms with Gasteiger partial charge in [-0.05, 0) is 48.4 Å². The fourth-order valence-electron chi connectivity index (χ4n) is 6.77. The quantitative estimate of drug-likeness (QED) is 0.164. The first-order chi connectivity index (χ1) is 20.2.